The number of imide groups is 1. The number of fused-ring (bicyclic) bond motifs is 1. The van der Waals surface area contributed by atoms with Gasteiger partial charge >= 0.3 is 12.0 Å². The lowest BCUT2D eigenvalue weighted by atomic mass is 10.3. The van der Waals surface area contributed by atoms with Crippen molar-refractivity contribution in [2.75, 3.05) is 18.4 Å². The molecule has 1 aliphatic heterocycles. The number of nitrogens with one attached hydrogen (secondary N) is 3. The van der Waals surface area contributed by atoms with Crippen LogP contribution in [0, 0.1) is 0 Å². The summed E-state index contributed by atoms with van der Waals surface area (Å²) in [7, 11) is 0. The van der Waals surface area contributed by atoms with Crippen LogP contribution < -0.4 is 10.6 Å². The summed E-state index contributed by atoms with van der Waals surface area (Å²) in [5, 5.41) is 14.1. The number of carbonyl (C=O) groups is 3. The molecule has 2 aromatic rings. The molecule has 3 amide bonds. The number of H-pyrrole nitrogens is 1. The zero-order valence-electron chi connectivity index (χ0n) is 12.6. The number of carbonyl (C=O) groups excluding carboxylic acids is 2. The summed E-state index contributed by atoms with van der Waals surface area (Å²) in [6.45, 7) is -0.162. The average Bonchev–Trinajstić information content (AvgIpc) is 3.07. The number of para-hydroxylation sites is 2. The lowest BCUT2D eigenvalue weighted by Crippen LogP contribution is -2.35. The van der Waals surface area contributed by atoms with Crippen molar-refractivity contribution in [3.63, 3.8) is 0 Å². The van der Waals surface area contributed by atoms with E-state index in [0.717, 1.165) is 11.0 Å². The van der Waals surface area contributed by atoms with E-state index in [1.54, 1.807) is 6.08 Å². The minimum atomic E-state index is -1.24. The van der Waals surface area contributed by atoms with Crippen LogP contribution in [0.2, 0.25) is 0 Å². The monoisotopic (exact) mass is 329 g/mol. The van der Waals surface area contributed by atoms with Gasteiger partial charge < -0.3 is 20.7 Å². The number of aromatic amines is 1. The zero-order chi connectivity index (χ0) is 17.1. The van der Waals surface area contributed by atoms with Crippen LogP contribution in [0.1, 0.15) is 6.42 Å². The highest BCUT2D eigenvalue weighted by molar-refractivity contribution is 6.12. The van der Waals surface area contributed by atoms with E-state index in [9.17, 15) is 14.4 Å². The summed E-state index contributed by atoms with van der Waals surface area (Å²) in [5.41, 5.74) is 1.86. The Hall–Kier alpha value is -3.36. The van der Waals surface area contributed by atoms with Crippen LogP contribution in [-0.2, 0) is 9.59 Å². The smallest absolute Gasteiger partial charge is 0.329 e. The van der Waals surface area contributed by atoms with Crippen molar-refractivity contribution in [1.82, 2.24) is 20.2 Å². The number of imidazole rings is 1. The van der Waals surface area contributed by atoms with Crippen molar-refractivity contribution >= 4 is 34.9 Å². The Kier molecular flexibility index (Phi) is 4.15. The number of amides is 3. The predicted molar refractivity (Wildman–Crippen MR) is 85.2 cm³/mol. The molecular formula is C15H15N5O4. The number of anilines is 1. The van der Waals surface area contributed by atoms with Crippen LogP contribution in [0.5, 0.6) is 0 Å². The highest BCUT2D eigenvalue weighted by Crippen LogP contribution is 2.13. The van der Waals surface area contributed by atoms with E-state index in [1.165, 1.54) is 0 Å². The van der Waals surface area contributed by atoms with Crippen LogP contribution >= 0.6 is 0 Å². The van der Waals surface area contributed by atoms with Gasteiger partial charge in [-0.2, -0.15) is 0 Å². The molecule has 9 heteroatoms. The zero-order valence-corrected chi connectivity index (χ0v) is 12.6. The topological polar surface area (TPSA) is 127 Å². The number of carboxylic acids is 1. The molecule has 0 saturated carbocycles. The third kappa shape index (κ3) is 3.19. The minimum Gasteiger partial charge on any atom is -0.480 e. The van der Waals surface area contributed by atoms with E-state index in [0.29, 0.717) is 23.8 Å². The molecule has 1 saturated heterocycles. The van der Waals surface area contributed by atoms with E-state index in [-0.39, 0.29) is 5.70 Å². The molecule has 124 valence electrons. The van der Waals surface area contributed by atoms with Gasteiger partial charge in [0.15, 0.2) is 0 Å². The molecule has 9 nitrogen and oxygen atoms in total. The van der Waals surface area contributed by atoms with Gasteiger partial charge in [0, 0.05) is 6.54 Å². The second-order valence-corrected chi connectivity index (χ2v) is 5.15. The fraction of sp³-hybridized carbons (Fsp3) is 0.200. The molecule has 0 bridgehead atoms. The van der Waals surface area contributed by atoms with Crippen molar-refractivity contribution in [2.45, 2.75) is 6.42 Å². The first kappa shape index (κ1) is 15.5. The molecular weight excluding hydrogens is 314 g/mol. The molecule has 2 heterocycles. The van der Waals surface area contributed by atoms with Crippen LogP contribution in [0.25, 0.3) is 11.0 Å². The Bertz CT molecular complexity index is 808. The van der Waals surface area contributed by atoms with Gasteiger partial charge in [-0.3, -0.25) is 9.59 Å². The number of aromatic nitrogens is 2. The molecule has 0 spiro atoms. The molecule has 1 aromatic heterocycles. The van der Waals surface area contributed by atoms with Gasteiger partial charge in [-0.15, -0.1) is 0 Å². The Morgan fingerprint density at radius 2 is 2.12 bits per heavy atom. The molecule has 3 rings (SSSR count). The number of aliphatic carboxylic acids is 1. The fourth-order valence-corrected chi connectivity index (χ4v) is 2.33. The number of rotatable bonds is 6. The fourth-order valence-electron chi connectivity index (χ4n) is 2.33. The van der Waals surface area contributed by atoms with Gasteiger partial charge in [0.25, 0.3) is 5.91 Å². The largest absolute Gasteiger partial charge is 0.480 e. The Labute approximate surface area is 136 Å². The minimum absolute atomic E-state index is 0.0904. The van der Waals surface area contributed by atoms with Gasteiger partial charge in [-0.25, -0.2) is 14.7 Å². The standard InChI is InChI=1S/C15H15N5O4/c21-12(22)8-20-13(23)11(19-15(20)24)6-3-7-16-14-17-9-4-1-2-5-10(9)18-14/h1-2,4-6H,3,7-8H2,(H,19,24)(H,21,22)(H2,16,17,18)/b11-6-. The third-order valence-electron chi connectivity index (χ3n) is 3.43. The Morgan fingerprint density at radius 3 is 2.88 bits per heavy atom. The molecule has 0 radical (unpaired) electrons. The van der Waals surface area contributed by atoms with Gasteiger partial charge in [0.05, 0.1) is 11.0 Å². The first-order chi connectivity index (χ1) is 11.5. The highest BCUT2D eigenvalue weighted by atomic mass is 16.4. The van der Waals surface area contributed by atoms with Gasteiger partial charge in [-0.1, -0.05) is 18.2 Å². The summed E-state index contributed by atoms with van der Waals surface area (Å²) in [5.74, 6) is -1.26. The summed E-state index contributed by atoms with van der Waals surface area (Å²) >= 11 is 0. The molecule has 1 aromatic carbocycles. The molecule has 0 aliphatic carbocycles. The summed E-state index contributed by atoms with van der Waals surface area (Å²) < 4.78 is 0. The van der Waals surface area contributed by atoms with E-state index in [1.807, 2.05) is 24.3 Å². The molecule has 1 fully saturated rings. The number of nitrogens with zero attached hydrogens (tertiary/aromatic N) is 2. The SMILES string of the molecule is O=C(O)CN1C(=O)N/C(=C\CCNc2nc3ccccc3[nH]2)C1=O. The summed E-state index contributed by atoms with van der Waals surface area (Å²) in [6.07, 6.45) is 2.01. The second kappa shape index (κ2) is 6.41. The van der Waals surface area contributed by atoms with E-state index >= 15 is 0 Å². The van der Waals surface area contributed by atoms with Gasteiger partial charge in [0.1, 0.15) is 12.2 Å². The lowest BCUT2D eigenvalue weighted by molar-refractivity contribution is -0.140. The summed E-state index contributed by atoms with van der Waals surface area (Å²) in [4.78, 5) is 42.2. The predicted octanol–water partition coefficient (Wildman–Crippen LogP) is 0.885. The molecule has 0 atom stereocenters. The van der Waals surface area contributed by atoms with Crippen LogP contribution in [-0.4, -0.2) is 51.0 Å². The van der Waals surface area contributed by atoms with Crippen molar-refractivity contribution in [2.24, 2.45) is 0 Å². The third-order valence-corrected chi connectivity index (χ3v) is 3.43. The van der Waals surface area contributed by atoms with E-state index in [2.05, 4.69) is 20.6 Å². The number of benzene rings is 1. The lowest BCUT2D eigenvalue weighted by Gasteiger charge is -2.06. The van der Waals surface area contributed by atoms with Gasteiger partial charge in [-0.05, 0) is 18.6 Å². The first-order valence-corrected chi connectivity index (χ1v) is 7.28. The number of hydrogen-bond donors (Lipinski definition) is 4. The normalized spacial score (nSPS) is 16.0. The van der Waals surface area contributed by atoms with Gasteiger partial charge in [0.2, 0.25) is 5.95 Å². The molecule has 0 unspecified atom stereocenters. The molecule has 4 N–H and O–H groups in total. The molecule has 24 heavy (non-hydrogen) atoms. The Morgan fingerprint density at radius 1 is 1.33 bits per heavy atom. The maximum absolute atomic E-state index is 11.9. The molecule has 1 aliphatic rings. The van der Waals surface area contributed by atoms with Crippen molar-refractivity contribution in [1.29, 1.82) is 0 Å². The van der Waals surface area contributed by atoms with E-state index in [4.69, 9.17) is 5.11 Å². The average molecular weight is 329 g/mol. The maximum atomic E-state index is 11.9. The highest BCUT2D eigenvalue weighted by Gasteiger charge is 2.34. The number of carboxylic acid groups (broad SMARTS) is 1. The van der Waals surface area contributed by atoms with Crippen molar-refractivity contribution in [3.05, 3.63) is 36.0 Å². The van der Waals surface area contributed by atoms with Crippen LogP contribution in [0.3, 0.4) is 0 Å². The number of hydrogen-bond acceptors (Lipinski definition) is 5. The van der Waals surface area contributed by atoms with Crippen molar-refractivity contribution in [3.8, 4) is 0 Å². The Balaban J connectivity index is 1.55. The number of urea groups is 1. The van der Waals surface area contributed by atoms with Crippen LogP contribution in [0.4, 0.5) is 10.7 Å². The van der Waals surface area contributed by atoms with Crippen molar-refractivity contribution < 1.29 is 19.5 Å². The first-order valence-electron chi connectivity index (χ1n) is 7.28. The van der Waals surface area contributed by atoms with Crippen LogP contribution in [0.15, 0.2) is 36.0 Å². The quantitative estimate of drug-likeness (QED) is 0.354. The summed E-state index contributed by atoms with van der Waals surface area (Å²) in [6, 6.07) is 6.89. The maximum Gasteiger partial charge on any atom is 0.329 e. The van der Waals surface area contributed by atoms with E-state index < -0.39 is 24.5 Å². The second-order valence-electron chi connectivity index (χ2n) is 5.15.